The molecule has 2 atom stereocenters. The quantitative estimate of drug-likeness (QED) is 0.636. The number of rotatable bonds is 3. The van der Waals surface area contributed by atoms with E-state index in [1.807, 2.05) is 25.9 Å². The third kappa shape index (κ3) is 4.21. The molecule has 10 nitrogen and oxygen atoms in total. The van der Waals surface area contributed by atoms with Crippen molar-refractivity contribution in [2.75, 3.05) is 33.0 Å². The van der Waals surface area contributed by atoms with Crippen LogP contribution in [0.15, 0.2) is 16.9 Å². The molecule has 0 radical (unpaired) electrons. The van der Waals surface area contributed by atoms with Crippen LogP contribution in [0.4, 0.5) is 14.9 Å². The first-order valence-corrected chi connectivity index (χ1v) is 11.0. The molecule has 3 amide bonds. The molecule has 0 aliphatic carbocycles. The zero-order valence-electron chi connectivity index (χ0n) is 18.3. The fraction of sp³-hybridized carbons (Fsp3) is 0.500. The lowest BCUT2D eigenvalue weighted by Gasteiger charge is -2.33. The highest BCUT2D eigenvalue weighted by Crippen LogP contribution is 2.29. The lowest BCUT2D eigenvalue weighted by atomic mass is 9.99. The number of urea groups is 1. The molecule has 32 heavy (non-hydrogen) atoms. The Morgan fingerprint density at radius 3 is 2.91 bits per heavy atom. The Bertz CT molecular complexity index is 1060. The average Bonchev–Trinajstić information content (AvgIpc) is 3.00. The Kier molecular flexibility index (Phi) is 6.19. The van der Waals surface area contributed by atoms with Crippen molar-refractivity contribution in [3.8, 4) is 0 Å². The number of likely N-dealkylation sites (N-methyl/N-ethyl adjacent to an activating group) is 1. The fourth-order valence-electron chi connectivity index (χ4n) is 4.09. The van der Waals surface area contributed by atoms with Gasteiger partial charge in [-0.2, -0.15) is 5.10 Å². The van der Waals surface area contributed by atoms with Crippen molar-refractivity contribution < 1.29 is 18.8 Å². The normalized spacial score (nSPS) is 20.8. The van der Waals surface area contributed by atoms with Crippen LogP contribution in [-0.2, 0) is 24.3 Å². The first-order chi connectivity index (χ1) is 15.2. The molecule has 1 N–H and O–H groups in total. The molecule has 4 heterocycles. The molecule has 0 aromatic carbocycles. The smallest absolute Gasteiger partial charge is 0.317 e. The summed E-state index contributed by atoms with van der Waals surface area (Å²) >= 11 is 3.02. The van der Waals surface area contributed by atoms with Gasteiger partial charge in [-0.05, 0) is 43.0 Å². The van der Waals surface area contributed by atoms with Gasteiger partial charge in [-0.25, -0.2) is 19.2 Å². The maximum Gasteiger partial charge on any atom is 0.322 e. The van der Waals surface area contributed by atoms with E-state index in [0.717, 1.165) is 5.69 Å². The van der Waals surface area contributed by atoms with Crippen LogP contribution in [0, 0.1) is 5.82 Å². The number of hydrogen-bond donors (Lipinski definition) is 1. The molecular formula is C20H25BrFN7O3. The fourth-order valence-corrected chi connectivity index (χ4v) is 4.42. The van der Waals surface area contributed by atoms with Gasteiger partial charge in [-0.1, -0.05) is 0 Å². The monoisotopic (exact) mass is 509 g/mol. The Balaban J connectivity index is 1.61. The summed E-state index contributed by atoms with van der Waals surface area (Å²) in [5.41, 5.74) is 1.94. The molecule has 0 fully saturated rings. The minimum absolute atomic E-state index is 0.0205. The third-order valence-electron chi connectivity index (χ3n) is 5.57. The van der Waals surface area contributed by atoms with Crippen molar-refractivity contribution in [3.63, 3.8) is 0 Å². The van der Waals surface area contributed by atoms with E-state index in [1.165, 1.54) is 17.3 Å². The predicted molar refractivity (Wildman–Crippen MR) is 117 cm³/mol. The van der Waals surface area contributed by atoms with Gasteiger partial charge in [0.25, 0.3) is 5.91 Å². The predicted octanol–water partition coefficient (Wildman–Crippen LogP) is 2.11. The number of carbonyl (C=O) groups excluding carboxylic acids is 2. The van der Waals surface area contributed by atoms with E-state index in [1.54, 1.807) is 16.6 Å². The van der Waals surface area contributed by atoms with E-state index >= 15 is 0 Å². The van der Waals surface area contributed by atoms with Crippen molar-refractivity contribution in [3.05, 3.63) is 39.6 Å². The second kappa shape index (κ2) is 8.75. The number of amides is 3. The van der Waals surface area contributed by atoms with Gasteiger partial charge >= 0.3 is 6.03 Å². The first-order valence-electron chi connectivity index (χ1n) is 10.2. The highest BCUT2D eigenvalue weighted by molar-refractivity contribution is 9.10. The summed E-state index contributed by atoms with van der Waals surface area (Å²) in [5.74, 6) is -0.953. The summed E-state index contributed by atoms with van der Waals surface area (Å²) in [6.45, 7) is 3.13. The van der Waals surface area contributed by atoms with Crippen LogP contribution in [0.2, 0.25) is 0 Å². The minimum Gasteiger partial charge on any atom is -0.317 e. The molecule has 0 spiro atoms. The number of anilines is 1. The number of fused-ring (bicyclic) bond motifs is 3. The SMILES string of the molecule is CC1Cc2nn3c(c2CN1C(=O)Nc1ccnc(Br)c1F)C(=O)N(C)OC(CN(C)C)C3. The zero-order valence-corrected chi connectivity index (χ0v) is 19.9. The lowest BCUT2D eigenvalue weighted by Crippen LogP contribution is -2.45. The molecule has 2 aliphatic heterocycles. The summed E-state index contributed by atoms with van der Waals surface area (Å²) in [5, 5.41) is 8.53. The zero-order chi connectivity index (χ0) is 23.2. The summed E-state index contributed by atoms with van der Waals surface area (Å²) in [4.78, 5) is 39.2. The number of pyridine rings is 1. The number of aromatic nitrogens is 3. The highest BCUT2D eigenvalue weighted by atomic mass is 79.9. The molecular weight excluding hydrogens is 485 g/mol. The van der Waals surface area contributed by atoms with Gasteiger partial charge in [0, 0.05) is 37.8 Å². The van der Waals surface area contributed by atoms with Crippen molar-refractivity contribution in [2.24, 2.45) is 0 Å². The topological polar surface area (TPSA) is 95.8 Å². The van der Waals surface area contributed by atoms with E-state index in [9.17, 15) is 14.0 Å². The largest absolute Gasteiger partial charge is 0.322 e. The number of nitrogens with one attached hydrogen (secondary N) is 1. The van der Waals surface area contributed by atoms with Gasteiger partial charge in [-0.15, -0.1) is 0 Å². The number of hydrogen-bond acceptors (Lipinski definition) is 6. The van der Waals surface area contributed by atoms with Gasteiger partial charge in [0.2, 0.25) is 0 Å². The summed E-state index contributed by atoms with van der Waals surface area (Å²) < 4.78 is 16.0. The van der Waals surface area contributed by atoms with Crippen molar-refractivity contribution in [1.82, 2.24) is 29.6 Å². The molecule has 2 aromatic rings. The molecule has 12 heteroatoms. The molecule has 4 rings (SSSR count). The van der Waals surface area contributed by atoms with Crippen LogP contribution < -0.4 is 5.32 Å². The molecule has 0 bridgehead atoms. The van der Waals surface area contributed by atoms with E-state index in [2.05, 4.69) is 31.3 Å². The van der Waals surface area contributed by atoms with Crippen LogP contribution >= 0.6 is 15.9 Å². The van der Waals surface area contributed by atoms with Gasteiger partial charge in [0.1, 0.15) is 16.4 Å². The maximum atomic E-state index is 14.3. The maximum absolute atomic E-state index is 14.3. The highest BCUT2D eigenvalue weighted by Gasteiger charge is 2.37. The lowest BCUT2D eigenvalue weighted by molar-refractivity contribution is -0.152. The van der Waals surface area contributed by atoms with Crippen molar-refractivity contribution in [1.29, 1.82) is 0 Å². The third-order valence-corrected chi connectivity index (χ3v) is 6.13. The first kappa shape index (κ1) is 22.6. The Morgan fingerprint density at radius 2 is 2.19 bits per heavy atom. The summed E-state index contributed by atoms with van der Waals surface area (Å²) in [7, 11) is 5.46. The summed E-state index contributed by atoms with van der Waals surface area (Å²) in [6, 6.07) is 0.748. The Hall–Kier alpha value is -2.57. The molecule has 172 valence electrons. The van der Waals surface area contributed by atoms with E-state index in [4.69, 9.17) is 4.84 Å². The van der Waals surface area contributed by atoms with Gasteiger partial charge in [0.15, 0.2) is 5.82 Å². The second-order valence-corrected chi connectivity index (χ2v) is 9.07. The van der Waals surface area contributed by atoms with Crippen LogP contribution in [0.3, 0.4) is 0 Å². The van der Waals surface area contributed by atoms with E-state index < -0.39 is 11.8 Å². The molecule has 2 unspecified atom stereocenters. The average molecular weight is 510 g/mol. The number of nitrogens with zero attached hydrogens (tertiary/aromatic N) is 6. The number of carbonyl (C=O) groups is 2. The molecule has 2 aliphatic rings. The van der Waals surface area contributed by atoms with Crippen LogP contribution in [0.5, 0.6) is 0 Å². The van der Waals surface area contributed by atoms with Crippen molar-refractivity contribution >= 4 is 33.6 Å². The van der Waals surface area contributed by atoms with Crippen LogP contribution in [-0.4, -0.2) is 81.4 Å². The molecule has 2 aromatic heterocycles. The number of halogens is 2. The standard InChI is InChI=1S/C20H25BrFN7O3/c1-11-7-15-13(10-28(11)20(31)24-14-5-6-23-18(21)16(14)22)17-19(30)27(4)32-12(8-26(2)3)9-29(17)25-15/h5-6,11-12H,7-10H2,1-4H3,(H,23,24,31). The van der Waals surface area contributed by atoms with Crippen LogP contribution in [0.1, 0.15) is 28.7 Å². The Labute approximate surface area is 193 Å². The van der Waals surface area contributed by atoms with E-state index in [0.29, 0.717) is 30.8 Å². The van der Waals surface area contributed by atoms with Crippen LogP contribution in [0.25, 0.3) is 0 Å². The second-order valence-electron chi connectivity index (χ2n) is 8.32. The summed E-state index contributed by atoms with van der Waals surface area (Å²) in [6.07, 6.45) is 1.64. The number of hydroxylamine groups is 2. The molecule has 0 saturated heterocycles. The Morgan fingerprint density at radius 1 is 1.44 bits per heavy atom. The van der Waals surface area contributed by atoms with Crippen molar-refractivity contribution in [2.45, 2.75) is 38.6 Å². The van der Waals surface area contributed by atoms with Gasteiger partial charge in [-0.3, -0.25) is 14.3 Å². The molecule has 0 saturated carbocycles. The minimum atomic E-state index is -0.647. The van der Waals surface area contributed by atoms with Gasteiger partial charge < -0.3 is 15.1 Å². The van der Waals surface area contributed by atoms with Gasteiger partial charge in [0.05, 0.1) is 24.5 Å². The van der Waals surface area contributed by atoms with E-state index in [-0.39, 0.29) is 34.9 Å².